The Kier molecular flexibility index (Phi) is 7.36. The van der Waals surface area contributed by atoms with Crippen LogP contribution in [0, 0.1) is 5.92 Å². The predicted molar refractivity (Wildman–Crippen MR) is 73.0 cm³/mol. The van der Waals surface area contributed by atoms with E-state index in [0.29, 0.717) is 12.8 Å². The Bertz CT molecular complexity index is 274. The monoisotopic (exact) mass is 292 g/mol. The van der Waals surface area contributed by atoms with E-state index >= 15 is 0 Å². The van der Waals surface area contributed by atoms with Gasteiger partial charge in [-0.15, -0.1) is 0 Å². The minimum atomic E-state index is -1.18. The van der Waals surface area contributed by atoms with Crippen molar-refractivity contribution in [2.45, 2.75) is 76.8 Å². The Morgan fingerprint density at radius 3 is 2.25 bits per heavy atom. The molecule has 0 aliphatic carbocycles. The molecule has 0 radical (unpaired) electrons. The highest BCUT2D eigenvalue weighted by Crippen LogP contribution is 2.27. The highest BCUT2D eigenvalue weighted by molar-refractivity contribution is 4.87. The van der Waals surface area contributed by atoms with Crippen molar-refractivity contribution in [3.63, 3.8) is 0 Å². The van der Waals surface area contributed by atoms with Gasteiger partial charge < -0.3 is 29.9 Å². The SMILES string of the molecule is CC[C@@H](O)C[C@H](O[C@@H]1O[C@@H](CO)[C@@H](O)C1O)[C@H](C)CC. The molecule has 7 atom stereocenters. The fourth-order valence-corrected chi connectivity index (χ4v) is 2.27. The van der Waals surface area contributed by atoms with Gasteiger partial charge in [0, 0.05) is 0 Å². The molecular weight excluding hydrogens is 264 g/mol. The van der Waals surface area contributed by atoms with Crippen molar-refractivity contribution >= 4 is 0 Å². The molecule has 1 rings (SSSR count). The molecule has 0 aromatic heterocycles. The summed E-state index contributed by atoms with van der Waals surface area (Å²) in [4.78, 5) is 0. The fourth-order valence-electron chi connectivity index (χ4n) is 2.27. The van der Waals surface area contributed by atoms with E-state index in [1.165, 1.54) is 0 Å². The summed E-state index contributed by atoms with van der Waals surface area (Å²) < 4.78 is 11.1. The lowest BCUT2D eigenvalue weighted by Crippen LogP contribution is -2.38. The molecule has 1 aliphatic rings. The summed E-state index contributed by atoms with van der Waals surface area (Å²) >= 11 is 0. The maximum absolute atomic E-state index is 9.88. The lowest BCUT2D eigenvalue weighted by atomic mass is 9.95. The highest BCUT2D eigenvalue weighted by Gasteiger charge is 2.44. The summed E-state index contributed by atoms with van der Waals surface area (Å²) in [7, 11) is 0. The number of aliphatic hydroxyl groups is 4. The van der Waals surface area contributed by atoms with Crippen molar-refractivity contribution in [3.8, 4) is 0 Å². The molecule has 0 saturated carbocycles. The van der Waals surface area contributed by atoms with E-state index < -0.39 is 30.7 Å². The topological polar surface area (TPSA) is 99.4 Å². The van der Waals surface area contributed by atoms with Crippen LogP contribution in [0.4, 0.5) is 0 Å². The molecule has 0 amide bonds. The third-order valence-electron chi connectivity index (χ3n) is 4.06. The normalized spacial score (nSPS) is 35.0. The first kappa shape index (κ1) is 17.8. The van der Waals surface area contributed by atoms with Crippen molar-refractivity contribution in [1.29, 1.82) is 0 Å². The summed E-state index contributed by atoms with van der Waals surface area (Å²) in [5.74, 6) is 0.192. The zero-order chi connectivity index (χ0) is 15.3. The highest BCUT2D eigenvalue weighted by atomic mass is 16.7. The molecule has 0 bridgehead atoms. The van der Waals surface area contributed by atoms with Crippen LogP contribution in [0.1, 0.15) is 40.0 Å². The van der Waals surface area contributed by atoms with Gasteiger partial charge in [-0.05, 0) is 18.8 Å². The largest absolute Gasteiger partial charge is 0.394 e. The van der Waals surface area contributed by atoms with Crippen molar-refractivity contribution in [2.75, 3.05) is 6.61 Å². The first-order chi connectivity index (χ1) is 9.44. The first-order valence-electron chi connectivity index (χ1n) is 7.40. The number of rotatable bonds is 8. The first-order valence-corrected chi connectivity index (χ1v) is 7.40. The zero-order valence-electron chi connectivity index (χ0n) is 12.5. The van der Waals surface area contributed by atoms with Crippen LogP contribution in [-0.2, 0) is 9.47 Å². The van der Waals surface area contributed by atoms with Gasteiger partial charge in [0.1, 0.15) is 18.3 Å². The van der Waals surface area contributed by atoms with Crippen LogP contribution < -0.4 is 0 Å². The van der Waals surface area contributed by atoms with Gasteiger partial charge in [-0.25, -0.2) is 0 Å². The lowest BCUT2D eigenvalue weighted by molar-refractivity contribution is -0.207. The van der Waals surface area contributed by atoms with Gasteiger partial charge in [0.15, 0.2) is 6.29 Å². The molecule has 6 nitrogen and oxygen atoms in total. The second kappa shape index (κ2) is 8.26. The van der Waals surface area contributed by atoms with Crippen LogP contribution in [0.5, 0.6) is 0 Å². The van der Waals surface area contributed by atoms with Crippen LogP contribution in [0.3, 0.4) is 0 Å². The van der Waals surface area contributed by atoms with Gasteiger partial charge in [-0.3, -0.25) is 0 Å². The van der Waals surface area contributed by atoms with E-state index in [9.17, 15) is 15.3 Å². The van der Waals surface area contributed by atoms with E-state index in [-0.39, 0.29) is 18.6 Å². The fraction of sp³-hybridized carbons (Fsp3) is 1.00. The van der Waals surface area contributed by atoms with Gasteiger partial charge >= 0.3 is 0 Å². The van der Waals surface area contributed by atoms with Gasteiger partial charge in [-0.1, -0.05) is 27.2 Å². The van der Waals surface area contributed by atoms with Crippen molar-refractivity contribution in [3.05, 3.63) is 0 Å². The molecule has 0 aromatic carbocycles. The summed E-state index contributed by atoms with van der Waals surface area (Å²) in [6.07, 6.45) is -2.91. The predicted octanol–water partition coefficient (Wildman–Crippen LogP) is 0.0177. The Morgan fingerprint density at radius 1 is 1.15 bits per heavy atom. The minimum absolute atomic E-state index is 0.192. The average molecular weight is 292 g/mol. The van der Waals surface area contributed by atoms with Crippen molar-refractivity contribution in [2.24, 2.45) is 5.92 Å². The van der Waals surface area contributed by atoms with Crippen molar-refractivity contribution in [1.82, 2.24) is 0 Å². The lowest BCUT2D eigenvalue weighted by Gasteiger charge is -2.29. The molecule has 1 fully saturated rings. The third kappa shape index (κ3) is 4.38. The number of aliphatic hydroxyl groups excluding tert-OH is 4. The van der Waals surface area contributed by atoms with Gasteiger partial charge in [-0.2, -0.15) is 0 Å². The third-order valence-corrected chi connectivity index (χ3v) is 4.06. The van der Waals surface area contributed by atoms with Crippen LogP contribution in [0.25, 0.3) is 0 Å². The smallest absolute Gasteiger partial charge is 0.186 e. The van der Waals surface area contributed by atoms with E-state index in [2.05, 4.69) is 0 Å². The van der Waals surface area contributed by atoms with Gasteiger partial charge in [0.2, 0.25) is 0 Å². The van der Waals surface area contributed by atoms with Crippen LogP contribution in [0.15, 0.2) is 0 Å². The maximum atomic E-state index is 9.88. The Hall–Kier alpha value is -0.240. The Balaban J connectivity index is 2.65. The van der Waals surface area contributed by atoms with Gasteiger partial charge in [0.05, 0.1) is 18.8 Å². The molecule has 1 unspecified atom stereocenters. The van der Waals surface area contributed by atoms with Crippen molar-refractivity contribution < 1.29 is 29.9 Å². The average Bonchev–Trinajstić information content (AvgIpc) is 2.73. The quantitative estimate of drug-likeness (QED) is 0.503. The summed E-state index contributed by atoms with van der Waals surface area (Å²) in [5, 5.41) is 38.4. The Labute approximate surface area is 120 Å². The standard InChI is InChI=1S/C14H28O6/c1-4-8(3)10(6-9(16)5-2)19-14-13(18)12(17)11(7-15)20-14/h8-18H,4-7H2,1-3H3/t8-,9-,10+,11+,12-,13?,14-/m1/s1. The summed E-state index contributed by atoms with van der Waals surface area (Å²) in [5.41, 5.74) is 0. The molecule has 120 valence electrons. The van der Waals surface area contributed by atoms with Gasteiger partial charge in [0.25, 0.3) is 0 Å². The maximum Gasteiger partial charge on any atom is 0.186 e. The Morgan fingerprint density at radius 2 is 1.80 bits per heavy atom. The molecule has 20 heavy (non-hydrogen) atoms. The van der Waals surface area contributed by atoms with Crippen LogP contribution in [0.2, 0.25) is 0 Å². The van der Waals surface area contributed by atoms with Crippen LogP contribution in [-0.4, -0.2) is 63.8 Å². The molecule has 1 heterocycles. The zero-order valence-corrected chi connectivity index (χ0v) is 12.5. The molecule has 0 spiro atoms. The number of ether oxygens (including phenoxy) is 2. The summed E-state index contributed by atoms with van der Waals surface area (Å²) in [6.45, 7) is 5.56. The van der Waals surface area contributed by atoms with E-state index in [1.807, 2.05) is 20.8 Å². The van der Waals surface area contributed by atoms with Crippen LogP contribution >= 0.6 is 0 Å². The van der Waals surface area contributed by atoms with E-state index in [0.717, 1.165) is 6.42 Å². The summed E-state index contributed by atoms with van der Waals surface area (Å²) in [6, 6.07) is 0. The molecule has 1 aliphatic heterocycles. The second-order valence-corrected chi connectivity index (χ2v) is 5.56. The second-order valence-electron chi connectivity index (χ2n) is 5.56. The van der Waals surface area contributed by atoms with E-state index in [4.69, 9.17) is 14.6 Å². The molecule has 6 heteroatoms. The number of hydrogen-bond donors (Lipinski definition) is 4. The minimum Gasteiger partial charge on any atom is -0.394 e. The molecular formula is C14H28O6. The van der Waals surface area contributed by atoms with E-state index in [1.54, 1.807) is 0 Å². The number of hydrogen-bond acceptors (Lipinski definition) is 6. The molecule has 0 aromatic rings. The molecule has 1 saturated heterocycles. The molecule has 4 N–H and O–H groups in total.